The van der Waals surface area contributed by atoms with E-state index in [9.17, 15) is 0 Å². The van der Waals surface area contributed by atoms with E-state index in [2.05, 4.69) is 27.2 Å². The van der Waals surface area contributed by atoms with Crippen molar-refractivity contribution in [3.63, 3.8) is 0 Å². The van der Waals surface area contributed by atoms with Crippen LogP contribution in [0.25, 0.3) is 0 Å². The monoisotopic (exact) mass is 349 g/mol. The highest BCUT2D eigenvalue weighted by atomic mass is 16.5. The lowest BCUT2D eigenvalue weighted by Gasteiger charge is -2.32. The molecule has 0 bridgehead atoms. The Hall–Kier alpha value is -1.50. The topological polar surface area (TPSA) is 46.2 Å². The lowest BCUT2D eigenvalue weighted by atomic mass is 10.1. The summed E-state index contributed by atoms with van der Waals surface area (Å²) >= 11 is 0. The Morgan fingerprint density at radius 2 is 1.76 bits per heavy atom. The predicted molar refractivity (Wildman–Crippen MR) is 98.8 cm³/mol. The number of nitrogens with zero attached hydrogens (tertiary/aromatic N) is 2. The van der Waals surface area contributed by atoms with Crippen molar-refractivity contribution in [1.29, 1.82) is 0 Å². The van der Waals surface area contributed by atoms with E-state index in [1.807, 2.05) is 6.92 Å². The molecule has 1 aromatic rings. The lowest BCUT2D eigenvalue weighted by molar-refractivity contribution is 0.170. The molecule has 0 radical (unpaired) electrons. The first-order valence-electron chi connectivity index (χ1n) is 9.30. The molecule has 0 spiro atoms. The Morgan fingerprint density at radius 1 is 1.08 bits per heavy atom. The van der Waals surface area contributed by atoms with Gasteiger partial charge in [0.2, 0.25) is 5.75 Å². The van der Waals surface area contributed by atoms with Gasteiger partial charge in [-0.05, 0) is 31.0 Å². The first-order chi connectivity index (χ1) is 12.2. The van der Waals surface area contributed by atoms with Crippen LogP contribution in [0.15, 0.2) is 12.1 Å². The van der Waals surface area contributed by atoms with E-state index in [1.165, 1.54) is 25.1 Å². The maximum absolute atomic E-state index is 5.70. The van der Waals surface area contributed by atoms with Gasteiger partial charge in [-0.2, -0.15) is 0 Å². The van der Waals surface area contributed by atoms with Crippen molar-refractivity contribution >= 4 is 0 Å². The smallest absolute Gasteiger partial charge is 0.203 e. The summed E-state index contributed by atoms with van der Waals surface area (Å²) in [6, 6.07) is 4.84. The number of likely N-dealkylation sites (tertiary alicyclic amines) is 1. The van der Waals surface area contributed by atoms with E-state index in [4.69, 9.17) is 14.2 Å². The van der Waals surface area contributed by atoms with Crippen LogP contribution < -0.4 is 19.5 Å². The molecular formula is C19H31N3O3. The van der Waals surface area contributed by atoms with Crippen LogP contribution in [0.3, 0.4) is 0 Å². The number of nitrogens with one attached hydrogen (secondary N) is 1. The van der Waals surface area contributed by atoms with Crippen LogP contribution in [0.5, 0.6) is 17.2 Å². The molecule has 2 heterocycles. The Morgan fingerprint density at radius 3 is 2.36 bits per heavy atom. The van der Waals surface area contributed by atoms with E-state index in [-0.39, 0.29) is 0 Å². The van der Waals surface area contributed by atoms with Gasteiger partial charge in [-0.15, -0.1) is 0 Å². The fourth-order valence-electron chi connectivity index (χ4n) is 3.87. The molecule has 2 aliphatic rings. The minimum Gasteiger partial charge on any atom is -0.493 e. The molecule has 0 saturated carbocycles. The number of benzene rings is 1. The van der Waals surface area contributed by atoms with Gasteiger partial charge in [-0.1, -0.05) is 0 Å². The van der Waals surface area contributed by atoms with Crippen molar-refractivity contribution < 1.29 is 14.2 Å². The number of rotatable bonds is 7. The summed E-state index contributed by atoms with van der Waals surface area (Å²) in [5, 5.41) is 3.44. The Labute approximate surface area is 151 Å². The highest BCUT2D eigenvalue weighted by molar-refractivity contribution is 5.53. The summed E-state index contributed by atoms with van der Waals surface area (Å²) in [5.41, 5.74) is 1.21. The second kappa shape index (κ2) is 8.74. The standard InChI is InChI=1S/C19H31N3O3/c1-4-25-19-17(23-2)11-15(12-18(19)24-3)13-21-8-5-16(14-21)22-9-6-20-7-10-22/h11-12,16,20H,4-10,13-14H2,1-3H3. The molecule has 6 nitrogen and oxygen atoms in total. The third-order valence-corrected chi connectivity index (χ3v) is 5.13. The Balaban J connectivity index is 1.66. The molecule has 2 fully saturated rings. The first-order valence-corrected chi connectivity index (χ1v) is 9.30. The molecule has 3 rings (SSSR count). The second-order valence-electron chi connectivity index (χ2n) is 6.73. The van der Waals surface area contributed by atoms with Crippen LogP contribution in [-0.2, 0) is 6.54 Å². The molecule has 1 N–H and O–H groups in total. The normalized spacial score (nSPS) is 22.1. The quantitative estimate of drug-likeness (QED) is 0.807. The van der Waals surface area contributed by atoms with Gasteiger partial charge in [0.1, 0.15) is 0 Å². The molecule has 2 saturated heterocycles. The fourth-order valence-corrected chi connectivity index (χ4v) is 3.87. The average Bonchev–Trinajstić information content (AvgIpc) is 3.12. The minimum atomic E-state index is 0.588. The third-order valence-electron chi connectivity index (χ3n) is 5.13. The van der Waals surface area contributed by atoms with Crippen LogP contribution in [0.4, 0.5) is 0 Å². The molecule has 140 valence electrons. The summed E-state index contributed by atoms with van der Waals surface area (Å²) < 4.78 is 16.7. The zero-order valence-electron chi connectivity index (χ0n) is 15.7. The average molecular weight is 349 g/mol. The Bertz CT molecular complexity index is 536. The van der Waals surface area contributed by atoms with Crippen LogP contribution >= 0.6 is 0 Å². The van der Waals surface area contributed by atoms with Crippen molar-refractivity contribution in [2.24, 2.45) is 0 Å². The minimum absolute atomic E-state index is 0.588. The zero-order valence-corrected chi connectivity index (χ0v) is 15.7. The van der Waals surface area contributed by atoms with E-state index in [1.54, 1.807) is 14.2 Å². The molecule has 1 atom stereocenters. The number of hydrogen-bond acceptors (Lipinski definition) is 6. The maximum atomic E-state index is 5.70. The van der Waals surface area contributed by atoms with Gasteiger partial charge in [0.25, 0.3) is 0 Å². The van der Waals surface area contributed by atoms with Gasteiger partial charge in [-0.3, -0.25) is 9.80 Å². The third kappa shape index (κ3) is 4.37. The van der Waals surface area contributed by atoms with Crippen molar-refractivity contribution in [2.75, 3.05) is 60.1 Å². The molecule has 2 aliphatic heterocycles. The molecule has 0 aromatic heterocycles. The number of piperazine rings is 1. The fraction of sp³-hybridized carbons (Fsp3) is 0.684. The van der Waals surface area contributed by atoms with Gasteiger partial charge in [0.05, 0.1) is 20.8 Å². The molecule has 6 heteroatoms. The molecule has 1 aromatic carbocycles. The molecule has 1 unspecified atom stereocenters. The molecular weight excluding hydrogens is 318 g/mol. The highest BCUT2D eigenvalue weighted by Gasteiger charge is 2.28. The number of ether oxygens (including phenoxy) is 3. The van der Waals surface area contributed by atoms with Gasteiger partial charge in [0, 0.05) is 51.9 Å². The van der Waals surface area contributed by atoms with Crippen molar-refractivity contribution in [1.82, 2.24) is 15.1 Å². The van der Waals surface area contributed by atoms with Crippen LogP contribution in [0, 0.1) is 0 Å². The predicted octanol–water partition coefficient (Wildman–Crippen LogP) is 1.58. The number of hydrogen-bond donors (Lipinski definition) is 1. The van der Waals surface area contributed by atoms with Crippen molar-refractivity contribution in [3.8, 4) is 17.2 Å². The lowest BCUT2D eigenvalue weighted by Crippen LogP contribution is -2.49. The molecule has 0 amide bonds. The van der Waals surface area contributed by atoms with Crippen LogP contribution in [0.2, 0.25) is 0 Å². The van der Waals surface area contributed by atoms with Gasteiger partial charge >= 0.3 is 0 Å². The van der Waals surface area contributed by atoms with Crippen molar-refractivity contribution in [3.05, 3.63) is 17.7 Å². The Kier molecular flexibility index (Phi) is 6.39. The summed E-state index contributed by atoms with van der Waals surface area (Å²) in [6.45, 7) is 10.3. The van der Waals surface area contributed by atoms with E-state index in [0.717, 1.165) is 44.2 Å². The van der Waals surface area contributed by atoms with E-state index >= 15 is 0 Å². The second-order valence-corrected chi connectivity index (χ2v) is 6.73. The van der Waals surface area contributed by atoms with Crippen LogP contribution in [0.1, 0.15) is 18.9 Å². The van der Waals surface area contributed by atoms with Gasteiger partial charge < -0.3 is 19.5 Å². The van der Waals surface area contributed by atoms with E-state index < -0.39 is 0 Å². The summed E-state index contributed by atoms with van der Waals surface area (Å²) in [6.07, 6.45) is 1.26. The summed E-state index contributed by atoms with van der Waals surface area (Å²) in [4.78, 5) is 5.16. The number of methoxy groups -OCH3 is 2. The molecule has 0 aliphatic carbocycles. The van der Waals surface area contributed by atoms with Crippen molar-refractivity contribution in [2.45, 2.75) is 25.9 Å². The SMILES string of the molecule is CCOc1c(OC)cc(CN2CCC(N3CCNCC3)C2)cc1OC. The highest BCUT2D eigenvalue weighted by Crippen LogP contribution is 2.39. The summed E-state index contributed by atoms with van der Waals surface area (Å²) in [5.74, 6) is 2.18. The van der Waals surface area contributed by atoms with Crippen LogP contribution in [-0.4, -0.2) is 75.9 Å². The first kappa shape index (κ1) is 18.3. The molecule has 25 heavy (non-hydrogen) atoms. The van der Waals surface area contributed by atoms with Gasteiger partial charge in [-0.25, -0.2) is 0 Å². The zero-order chi connectivity index (χ0) is 17.6. The summed E-state index contributed by atoms with van der Waals surface area (Å²) in [7, 11) is 3.36. The van der Waals surface area contributed by atoms with Gasteiger partial charge in [0.15, 0.2) is 11.5 Å². The maximum Gasteiger partial charge on any atom is 0.203 e. The van der Waals surface area contributed by atoms with E-state index in [0.29, 0.717) is 18.4 Å². The largest absolute Gasteiger partial charge is 0.493 e.